The summed E-state index contributed by atoms with van der Waals surface area (Å²) in [4.78, 5) is 0. The van der Waals surface area contributed by atoms with E-state index in [1.54, 1.807) is 13.0 Å². The van der Waals surface area contributed by atoms with Crippen LogP contribution in [0.15, 0.2) is 6.07 Å². The lowest BCUT2D eigenvalue weighted by molar-refractivity contribution is -0.154. The Morgan fingerprint density at radius 1 is 1.40 bits per heavy atom. The third kappa shape index (κ3) is 3.70. The number of alkyl halides is 3. The molecular formula is C8H10F3N3O. The molecule has 1 aromatic heterocycles. The Morgan fingerprint density at radius 3 is 2.53 bits per heavy atom. The van der Waals surface area contributed by atoms with Crippen molar-refractivity contribution in [3.05, 3.63) is 17.3 Å². The van der Waals surface area contributed by atoms with Gasteiger partial charge in [-0.1, -0.05) is 0 Å². The van der Waals surface area contributed by atoms with E-state index >= 15 is 0 Å². The molecule has 0 amide bonds. The Kier molecular flexibility index (Phi) is 3.46. The van der Waals surface area contributed by atoms with Gasteiger partial charge in [0.25, 0.3) is 0 Å². The molecule has 0 aliphatic heterocycles. The lowest BCUT2D eigenvalue weighted by Gasteiger charge is -2.09. The summed E-state index contributed by atoms with van der Waals surface area (Å²) < 4.78 is 39.9. The van der Waals surface area contributed by atoms with Crippen LogP contribution >= 0.6 is 0 Å². The summed E-state index contributed by atoms with van der Waals surface area (Å²) in [5.74, 6) is -0.121. The monoisotopic (exact) mass is 221 g/mol. The number of rotatable bonds is 3. The molecule has 0 fully saturated rings. The maximum atomic E-state index is 11.8. The molecule has 1 rings (SSSR count). The van der Waals surface area contributed by atoms with Crippen LogP contribution in [-0.4, -0.2) is 23.0 Å². The summed E-state index contributed by atoms with van der Waals surface area (Å²) in [6.45, 7) is 0.400. The first-order valence-corrected chi connectivity index (χ1v) is 4.15. The normalized spacial score (nSPS) is 11.5. The number of aromatic nitrogens is 2. The van der Waals surface area contributed by atoms with Crippen molar-refractivity contribution in [2.45, 2.75) is 19.6 Å². The molecule has 0 aliphatic carbocycles. The van der Waals surface area contributed by atoms with Crippen LogP contribution in [0.1, 0.15) is 11.3 Å². The van der Waals surface area contributed by atoms with Crippen molar-refractivity contribution in [2.24, 2.45) is 5.73 Å². The van der Waals surface area contributed by atoms with Gasteiger partial charge in [-0.05, 0) is 13.0 Å². The van der Waals surface area contributed by atoms with Crippen LogP contribution in [0.4, 0.5) is 13.2 Å². The van der Waals surface area contributed by atoms with Gasteiger partial charge in [0.1, 0.15) is 0 Å². The number of hydrogen-bond donors (Lipinski definition) is 1. The van der Waals surface area contributed by atoms with Crippen LogP contribution in [0, 0.1) is 6.92 Å². The van der Waals surface area contributed by atoms with E-state index in [-0.39, 0.29) is 12.4 Å². The van der Waals surface area contributed by atoms with Crippen molar-refractivity contribution < 1.29 is 17.9 Å². The highest BCUT2D eigenvalue weighted by atomic mass is 19.4. The number of nitrogens with zero attached hydrogens (tertiary/aromatic N) is 2. The molecule has 0 radical (unpaired) electrons. The summed E-state index contributed by atoms with van der Waals surface area (Å²) in [5.41, 5.74) is 6.28. The van der Waals surface area contributed by atoms with Gasteiger partial charge in [0.2, 0.25) is 5.88 Å². The Hall–Kier alpha value is -1.37. The second kappa shape index (κ2) is 4.43. The molecule has 0 atom stereocenters. The van der Waals surface area contributed by atoms with Crippen molar-refractivity contribution in [2.75, 3.05) is 6.61 Å². The van der Waals surface area contributed by atoms with Crippen LogP contribution in [0.3, 0.4) is 0 Å². The molecule has 0 spiro atoms. The number of nitrogens with two attached hydrogens (primary N) is 1. The largest absolute Gasteiger partial charge is 0.467 e. The predicted molar refractivity (Wildman–Crippen MR) is 46.2 cm³/mol. The summed E-state index contributed by atoms with van der Waals surface area (Å²) >= 11 is 0. The zero-order valence-electron chi connectivity index (χ0n) is 8.01. The van der Waals surface area contributed by atoms with Crippen molar-refractivity contribution >= 4 is 0 Å². The Bertz CT molecular complexity index is 340. The van der Waals surface area contributed by atoms with Gasteiger partial charge in [-0.2, -0.15) is 18.3 Å². The number of halogens is 3. The molecule has 1 heterocycles. The predicted octanol–water partition coefficient (Wildman–Crippen LogP) is 1.18. The molecular weight excluding hydrogens is 211 g/mol. The number of hydrogen-bond acceptors (Lipinski definition) is 4. The molecule has 2 N–H and O–H groups in total. The molecule has 0 aromatic carbocycles. The molecule has 4 nitrogen and oxygen atoms in total. The second-order valence-electron chi connectivity index (χ2n) is 2.93. The van der Waals surface area contributed by atoms with E-state index in [1.165, 1.54) is 0 Å². The van der Waals surface area contributed by atoms with Gasteiger partial charge in [0.15, 0.2) is 6.61 Å². The molecule has 0 saturated heterocycles. The van der Waals surface area contributed by atoms with E-state index in [0.717, 1.165) is 0 Å². The molecule has 0 bridgehead atoms. The van der Waals surface area contributed by atoms with Gasteiger partial charge in [-0.3, -0.25) is 0 Å². The minimum atomic E-state index is -4.37. The fourth-order valence-electron chi connectivity index (χ4n) is 0.922. The lowest BCUT2D eigenvalue weighted by Crippen LogP contribution is -2.20. The summed E-state index contributed by atoms with van der Waals surface area (Å²) in [7, 11) is 0. The van der Waals surface area contributed by atoms with Gasteiger partial charge in [0.05, 0.1) is 5.69 Å². The summed E-state index contributed by atoms with van der Waals surface area (Å²) in [6, 6.07) is 1.54. The maximum Gasteiger partial charge on any atom is 0.422 e. The van der Waals surface area contributed by atoms with Gasteiger partial charge >= 0.3 is 6.18 Å². The van der Waals surface area contributed by atoms with Crippen molar-refractivity contribution in [1.29, 1.82) is 0 Å². The summed E-state index contributed by atoms with van der Waals surface area (Å²) in [6.07, 6.45) is -4.37. The molecule has 0 unspecified atom stereocenters. The average molecular weight is 221 g/mol. The van der Waals surface area contributed by atoms with Gasteiger partial charge in [-0.15, -0.1) is 5.10 Å². The highest BCUT2D eigenvalue weighted by molar-refractivity contribution is 5.24. The fourth-order valence-corrected chi connectivity index (χ4v) is 0.922. The lowest BCUT2D eigenvalue weighted by atomic mass is 10.3. The van der Waals surface area contributed by atoms with Crippen molar-refractivity contribution in [3.8, 4) is 5.88 Å². The number of aryl methyl sites for hydroxylation is 1. The zero-order valence-corrected chi connectivity index (χ0v) is 8.01. The van der Waals surface area contributed by atoms with E-state index in [4.69, 9.17) is 5.73 Å². The summed E-state index contributed by atoms with van der Waals surface area (Å²) in [5, 5.41) is 7.09. The van der Waals surface area contributed by atoms with Crippen LogP contribution in [0.25, 0.3) is 0 Å². The van der Waals surface area contributed by atoms with E-state index in [9.17, 15) is 13.2 Å². The zero-order chi connectivity index (χ0) is 11.5. The van der Waals surface area contributed by atoms with Gasteiger partial charge < -0.3 is 10.5 Å². The van der Waals surface area contributed by atoms with Crippen molar-refractivity contribution in [3.63, 3.8) is 0 Å². The van der Waals surface area contributed by atoms with Crippen molar-refractivity contribution in [1.82, 2.24) is 10.2 Å². The third-order valence-corrected chi connectivity index (χ3v) is 1.57. The standard InChI is InChI=1S/C8H10F3N3O/c1-5-2-6(3-12)13-14-7(5)15-4-8(9,10)11/h2H,3-4,12H2,1H3. The highest BCUT2D eigenvalue weighted by Crippen LogP contribution is 2.19. The first-order valence-electron chi connectivity index (χ1n) is 4.15. The van der Waals surface area contributed by atoms with E-state index in [2.05, 4.69) is 14.9 Å². The number of ether oxygens (including phenoxy) is 1. The molecule has 15 heavy (non-hydrogen) atoms. The highest BCUT2D eigenvalue weighted by Gasteiger charge is 2.29. The molecule has 0 saturated carbocycles. The second-order valence-corrected chi connectivity index (χ2v) is 2.93. The first-order chi connectivity index (χ1) is 6.92. The Morgan fingerprint density at radius 2 is 2.07 bits per heavy atom. The minimum absolute atomic E-state index is 0.121. The topological polar surface area (TPSA) is 61.0 Å². The van der Waals surface area contributed by atoms with Gasteiger partial charge in [0, 0.05) is 12.1 Å². The van der Waals surface area contributed by atoms with E-state index in [0.29, 0.717) is 11.3 Å². The molecule has 0 aliphatic rings. The minimum Gasteiger partial charge on any atom is -0.467 e. The fraction of sp³-hybridized carbons (Fsp3) is 0.500. The Balaban J connectivity index is 2.70. The molecule has 84 valence electrons. The first kappa shape index (κ1) is 11.7. The van der Waals surface area contributed by atoms with Crippen LogP contribution in [-0.2, 0) is 6.54 Å². The average Bonchev–Trinajstić information content (AvgIpc) is 2.14. The van der Waals surface area contributed by atoms with E-state index < -0.39 is 12.8 Å². The quantitative estimate of drug-likeness (QED) is 0.832. The van der Waals surface area contributed by atoms with Crippen LogP contribution < -0.4 is 10.5 Å². The van der Waals surface area contributed by atoms with Crippen LogP contribution in [0.2, 0.25) is 0 Å². The SMILES string of the molecule is Cc1cc(CN)nnc1OCC(F)(F)F. The molecule has 7 heteroatoms. The van der Waals surface area contributed by atoms with E-state index in [1.807, 2.05) is 0 Å². The van der Waals surface area contributed by atoms with Crippen LogP contribution in [0.5, 0.6) is 5.88 Å². The maximum absolute atomic E-state index is 11.8. The Labute approximate surface area is 84.2 Å². The van der Waals surface area contributed by atoms with Gasteiger partial charge in [-0.25, -0.2) is 0 Å². The molecule has 1 aromatic rings. The smallest absolute Gasteiger partial charge is 0.422 e. The third-order valence-electron chi connectivity index (χ3n) is 1.57.